The molecule has 1 aliphatic carbocycles. The zero-order chi connectivity index (χ0) is 10.7. The number of hydrogen-bond donors (Lipinski definition) is 1. The van der Waals surface area contributed by atoms with E-state index in [2.05, 4.69) is 32.6 Å². The monoisotopic (exact) mass is 199 g/mol. The highest BCUT2D eigenvalue weighted by molar-refractivity contribution is 4.85. The van der Waals surface area contributed by atoms with Gasteiger partial charge in [-0.3, -0.25) is 4.90 Å². The summed E-state index contributed by atoms with van der Waals surface area (Å²) in [5.74, 6) is 0.737. The molecule has 1 rings (SSSR count). The molecule has 0 aromatic carbocycles. The SMILES string of the molecule is CCN(C(C)C)C1CC(O)CCC1C. The Hall–Kier alpha value is -0.0800. The molecule has 2 heteroatoms. The van der Waals surface area contributed by atoms with Crippen LogP contribution in [0.4, 0.5) is 0 Å². The van der Waals surface area contributed by atoms with E-state index in [1.807, 2.05) is 0 Å². The maximum absolute atomic E-state index is 9.70. The van der Waals surface area contributed by atoms with Gasteiger partial charge in [-0.1, -0.05) is 13.8 Å². The molecular weight excluding hydrogens is 174 g/mol. The topological polar surface area (TPSA) is 23.5 Å². The van der Waals surface area contributed by atoms with Crippen LogP contribution in [0.3, 0.4) is 0 Å². The molecule has 1 saturated carbocycles. The molecule has 0 amide bonds. The Bertz CT molecular complexity index is 170. The quantitative estimate of drug-likeness (QED) is 0.753. The Balaban J connectivity index is 2.62. The fraction of sp³-hybridized carbons (Fsp3) is 1.00. The second-order valence-corrected chi connectivity index (χ2v) is 4.94. The second-order valence-electron chi connectivity index (χ2n) is 4.94. The van der Waals surface area contributed by atoms with E-state index < -0.39 is 0 Å². The number of rotatable bonds is 3. The zero-order valence-corrected chi connectivity index (χ0v) is 10.0. The van der Waals surface area contributed by atoms with E-state index in [0.29, 0.717) is 12.1 Å². The molecule has 1 N–H and O–H groups in total. The second kappa shape index (κ2) is 5.13. The lowest BCUT2D eigenvalue weighted by atomic mass is 9.83. The Morgan fingerprint density at radius 2 is 2.00 bits per heavy atom. The molecule has 3 atom stereocenters. The molecule has 0 aliphatic heterocycles. The molecule has 0 saturated heterocycles. The molecule has 84 valence electrons. The predicted octanol–water partition coefficient (Wildman–Crippen LogP) is 2.27. The van der Waals surface area contributed by atoms with Crippen molar-refractivity contribution in [2.75, 3.05) is 6.54 Å². The van der Waals surface area contributed by atoms with E-state index >= 15 is 0 Å². The smallest absolute Gasteiger partial charge is 0.0555 e. The lowest BCUT2D eigenvalue weighted by Gasteiger charge is -2.42. The van der Waals surface area contributed by atoms with Crippen molar-refractivity contribution >= 4 is 0 Å². The number of hydrogen-bond acceptors (Lipinski definition) is 2. The first-order valence-corrected chi connectivity index (χ1v) is 6.00. The summed E-state index contributed by atoms with van der Waals surface area (Å²) in [6.45, 7) is 10.1. The summed E-state index contributed by atoms with van der Waals surface area (Å²) in [4.78, 5) is 2.52. The number of aliphatic hydroxyl groups excluding tert-OH is 1. The maximum Gasteiger partial charge on any atom is 0.0555 e. The van der Waals surface area contributed by atoms with Gasteiger partial charge in [-0.15, -0.1) is 0 Å². The Morgan fingerprint density at radius 3 is 2.50 bits per heavy atom. The molecule has 2 nitrogen and oxygen atoms in total. The van der Waals surface area contributed by atoms with Crippen LogP contribution in [-0.2, 0) is 0 Å². The van der Waals surface area contributed by atoms with E-state index in [1.165, 1.54) is 6.42 Å². The summed E-state index contributed by atoms with van der Waals surface area (Å²) in [7, 11) is 0. The molecule has 1 fully saturated rings. The van der Waals surface area contributed by atoms with Gasteiger partial charge in [-0.25, -0.2) is 0 Å². The van der Waals surface area contributed by atoms with Gasteiger partial charge in [0.2, 0.25) is 0 Å². The summed E-state index contributed by atoms with van der Waals surface area (Å²) >= 11 is 0. The molecule has 0 spiro atoms. The van der Waals surface area contributed by atoms with Crippen LogP contribution in [0, 0.1) is 5.92 Å². The van der Waals surface area contributed by atoms with Gasteiger partial charge < -0.3 is 5.11 Å². The van der Waals surface area contributed by atoms with Crippen molar-refractivity contribution in [3.8, 4) is 0 Å². The largest absolute Gasteiger partial charge is 0.393 e. The molecule has 14 heavy (non-hydrogen) atoms. The van der Waals surface area contributed by atoms with E-state index in [4.69, 9.17) is 0 Å². The third kappa shape index (κ3) is 2.71. The van der Waals surface area contributed by atoms with Gasteiger partial charge in [0.1, 0.15) is 0 Å². The molecule has 0 heterocycles. The summed E-state index contributed by atoms with van der Waals surface area (Å²) in [5, 5.41) is 9.70. The van der Waals surface area contributed by atoms with Crippen LogP contribution in [0.25, 0.3) is 0 Å². The summed E-state index contributed by atoms with van der Waals surface area (Å²) in [6.07, 6.45) is 3.07. The minimum Gasteiger partial charge on any atom is -0.393 e. The van der Waals surface area contributed by atoms with Gasteiger partial charge >= 0.3 is 0 Å². The number of nitrogens with zero attached hydrogens (tertiary/aromatic N) is 1. The lowest BCUT2D eigenvalue weighted by Crippen LogP contribution is -2.47. The number of aliphatic hydroxyl groups is 1. The third-order valence-electron chi connectivity index (χ3n) is 3.58. The van der Waals surface area contributed by atoms with Gasteiger partial charge in [0.15, 0.2) is 0 Å². The van der Waals surface area contributed by atoms with Crippen molar-refractivity contribution in [2.45, 2.75) is 65.1 Å². The van der Waals surface area contributed by atoms with Crippen molar-refractivity contribution in [2.24, 2.45) is 5.92 Å². The third-order valence-corrected chi connectivity index (χ3v) is 3.58. The molecule has 0 radical (unpaired) electrons. The van der Waals surface area contributed by atoms with Crippen LogP contribution in [0.5, 0.6) is 0 Å². The Morgan fingerprint density at radius 1 is 1.36 bits per heavy atom. The summed E-state index contributed by atoms with van der Waals surface area (Å²) < 4.78 is 0. The normalized spacial score (nSPS) is 34.1. The summed E-state index contributed by atoms with van der Waals surface area (Å²) in [6, 6.07) is 1.18. The van der Waals surface area contributed by atoms with Crippen LogP contribution in [0.15, 0.2) is 0 Å². The van der Waals surface area contributed by atoms with Gasteiger partial charge in [-0.2, -0.15) is 0 Å². The van der Waals surface area contributed by atoms with Crippen LogP contribution in [-0.4, -0.2) is 34.7 Å². The van der Waals surface area contributed by atoms with Gasteiger partial charge in [0.25, 0.3) is 0 Å². The molecule has 3 unspecified atom stereocenters. The summed E-state index contributed by atoms with van der Waals surface area (Å²) in [5.41, 5.74) is 0. The predicted molar refractivity (Wildman–Crippen MR) is 60.3 cm³/mol. The highest BCUT2D eigenvalue weighted by Crippen LogP contribution is 2.29. The van der Waals surface area contributed by atoms with Crippen LogP contribution in [0.1, 0.15) is 47.0 Å². The molecule has 0 aromatic rings. The van der Waals surface area contributed by atoms with Gasteiger partial charge in [0, 0.05) is 12.1 Å². The highest BCUT2D eigenvalue weighted by atomic mass is 16.3. The Labute approximate surface area is 88.3 Å². The van der Waals surface area contributed by atoms with Crippen molar-refractivity contribution in [3.05, 3.63) is 0 Å². The maximum atomic E-state index is 9.70. The molecular formula is C12H25NO. The first kappa shape index (κ1) is 12.0. The first-order chi connectivity index (χ1) is 6.56. The van der Waals surface area contributed by atoms with Crippen molar-refractivity contribution in [1.29, 1.82) is 0 Å². The van der Waals surface area contributed by atoms with E-state index in [1.54, 1.807) is 0 Å². The zero-order valence-electron chi connectivity index (χ0n) is 10.0. The van der Waals surface area contributed by atoms with Crippen molar-refractivity contribution in [1.82, 2.24) is 4.90 Å². The van der Waals surface area contributed by atoms with E-state index in [0.717, 1.165) is 25.3 Å². The van der Waals surface area contributed by atoms with Crippen molar-refractivity contribution < 1.29 is 5.11 Å². The van der Waals surface area contributed by atoms with Crippen LogP contribution < -0.4 is 0 Å². The average molecular weight is 199 g/mol. The van der Waals surface area contributed by atoms with E-state index in [-0.39, 0.29) is 6.10 Å². The average Bonchev–Trinajstić information content (AvgIpc) is 2.11. The van der Waals surface area contributed by atoms with Gasteiger partial charge in [0.05, 0.1) is 6.10 Å². The fourth-order valence-electron chi connectivity index (χ4n) is 2.72. The van der Waals surface area contributed by atoms with Crippen LogP contribution >= 0.6 is 0 Å². The van der Waals surface area contributed by atoms with Crippen molar-refractivity contribution in [3.63, 3.8) is 0 Å². The minimum absolute atomic E-state index is 0.0657. The van der Waals surface area contributed by atoms with Crippen LogP contribution in [0.2, 0.25) is 0 Å². The van der Waals surface area contributed by atoms with Gasteiger partial charge in [-0.05, 0) is 45.6 Å². The molecule has 0 bridgehead atoms. The fourth-order valence-corrected chi connectivity index (χ4v) is 2.72. The first-order valence-electron chi connectivity index (χ1n) is 6.00. The minimum atomic E-state index is -0.0657. The molecule has 0 aromatic heterocycles. The van der Waals surface area contributed by atoms with E-state index in [9.17, 15) is 5.11 Å². The highest BCUT2D eigenvalue weighted by Gasteiger charge is 2.31. The lowest BCUT2D eigenvalue weighted by molar-refractivity contribution is 0.0210. The molecule has 1 aliphatic rings. The standard InChI is InChI=1S/C12H25NO/c1-5-13(9(2)3)12-8-11(14)7-6-10(12)4/h9-12,14H,5-8H2,1-4H3. The Kier molecular flexibility index (Phi) is 4.39.